The van der Waals surface area contributed by atoms with E-state index < -0.39 is 0 Å². The molecule has 3 N–H and O–H groups in total. The van der Waals surface area contributed by atoms with Crippen molar-refractivity contribution in [1.82, 2.24) is 24.8 Å². The molecule has 0 radical (unpaired) electrons. The maximum Gasteiger partial charge on any atom is 0.255 e. The van der Waals surface area contributed by atoms with E-state index in [1.165, 1.54) is 11.4 Å². The van der Waals surface area contributed by atoms with E-state index in [9.17, 15) is 4.79 Å². The van der Waals surface area contributed by atoms with Gasteiger partial charge in [-0.05, 0) is 30.9 Å². The SMILES string of the molecule is CC(C)CN1CCc2[nH]cnc2C12CCN(C(=O)c1ccc(N)nc1)CC2. The van der Waals surface area contributed by atoms with Crippen LogP contribution in [-0.2, 0) is 12.0 Å². The van der Waals surface area contributed by atoms with Gasteiger partial charge in [0.15, 0.2) is 0 Å². The highest BCUT2D eigenvalue weighted by Gasteiger charge is 2.47. The van der Waals surface area contributed by atoms with E-state index in [1.807, 2.05) is 11.2 Å². The Hall–Kier alpha value is -2.41. The lowest BCUT2D eigenvalue weighted by molar-refractivity contribution is 0.000610. The Morgan fingerprint density at radius 3 is 2.70 bits per heavy atom. The first-order valence-corrected chi connectivity index (χ1v) is 9.78. The molecule has 0 unspecified atom stereocenters. The first-order chi connectivity index (χ1) is 13.0. The van der Waals surface area contributed by atoms with Gasteiger partial charge in [-0.1, -0.05) is 13.8 Å². The zero-order valence-corrected chi connectivity index (χ0v) is 16.1. The Morgan fingerprint density at radius 2 is 2.04 bits per heavy atom. The van der Waals surface area contributed by atoms with Crippen molar-refractivity contribution in [3.05, 3.63) is 41.6 Å². The number of aromatic nitrogens is 3. The summed E-state index contributed by atoms with van der Waals surface area (Å²) in [5, 5.41) is 0. The van der Waals surface area contributed by atoms with Crippen LogP contribution in [0.15, 0.2) is 24.7 Å². The number of carbonyl (C=O) groups excluding carboxylic acids is 1. The number of H-pyrrole nitrogens is 1. The highest BCUT2D eigenvalue weighted by molar-refractivity contribution is 5.94. The highest BCUT2D eigenvalue weighted by Crippen LogP contribution is 2.42. The third-order valence-electron chi connectivity index (χ3n) is 5.89. The first-order valence-electron chi connectivity index (χ1n) is 9.78. The zero-order valence-electron chi connectivity index (χ0n) is 16.1. The van der Waals surface area contributed by atoms with Gasteiger partial charge in [0.1, 0.15) is 5.82 Å². The van der Waals surface area contributed by atoms with Crippen LogP contribution in [-0.4, -0.2) is 56.8 Å². The average Bonchev–Trinajstić information content (AvgIpc) is 3.15. The van der Waals surface area contributed by atoms with Crippen LogP contribution in [0.25, 0.3) is 0 Å². The van der Waals surface area contributed by atoms with Gasteiger partial charge >= 0.3 is 0 Å². The number of carbonyl (C=O) groups is 1. The highest BCUT2D eigenvalue weighted by atomic mass is 16.2. The van der Waals surface area contributed by atoms with Crippen LogP contribution in [0, 0.1) is 5.92 Å². The molecular weight excluding hydrogens is 340 g/mol. The molecule has 1 saturated heterocycles. The molecule has 1 amide bonds. The van der Waals surface area contributed by atoms with E-state index in [1.54, 1.807) is 18.3 Å². The molecule has 0 aromatic carbocycles. The molecular formula is C20H28N6O. The number of rotatable bonds is 3. The standard InChI is InChI=1S/C20H28N6O/c1-14(2)12-26-8-5-16-18(24-13-23-16)20(26)6-9-25(10-7-20)19(27)15-3-4-17(21)22-11-15/h3-4,11,13-14H,5-10,12H2,1-2H3,(H2,21,22)(H,23,24). The van der Waals surface area contributed by atoms with Crippen molar-refractivity contribution >= 4 is 11.7 Å². The minimum Gasteiger partial charge on any atom is -0.384 e. The molecule has 0 atom stereocenters. The van der Waals surface area contributed by atoms with Crippen molar-refractivity contribution in [1.29, 1.82) is 0 Å². The Balaban J connectivity index is 1.55. The van der Waals surface area contributed by atoms with Crippen LogP contribution in [0.5, 0.6) is 0 Å². The number of anilines is 1. The molecule has 0 aliphatic carbocycles. The minimum absolute atomic E-state index is 0.0332. The van der Waals surface area contributed by atoms with Crippen LogP contribution in [0.1, 0.15) is 48.4 Å². The van der Waals surface area contributed by atoms with Crippen LogP contribution in [0.3, 0.4) is 0 Å². The second-order valence-electron chi connectivity index (χ2n) is 8.12. The number of hydrogen-bond donors (Lipinski definition) is 2. The lowest BCUT2D eigenvalue weighted by atomic mass is 9.78. The normalized spacial score (nSPS) is 19.4. The fraction of sp³-hybridized carbons (Fsp3) is 0.550. The molecule has 2 aromatic heterocycles. The minimum atomic E-state index is -0.0615. The van der Waals surface area contributed by atoms with E-state index in [4.69, 9.17) is 10.7 Å². The summed E-state index contributed by atoms with van der Waals surface area (Å²) in [6.07, 6.45) is 6.23. The summed E-state index contributed by atoms with van der Waals surface area (Å²) in [5.41, 5.74) is 8.63. The number of imidazole rings is 1. The number of aromatic amines is 1. The summed E-state index contributed by atoms with van der Waals surface area (Å²) in [4.78, 5) is 29.5. The number of amides is 1. The molecule has 144 valence electrons. The lowest BCUT2D eigenvalue weighted by Crippen LogP contribution is -2.57. The summed E-state index contributed by atoms with van der Waals surface area (Å²) in [5.74, 6) is 1.07. The molecule has 7 nitrogen and oxygen atoms in total. The third kappa shape index (κ3) is 3.20. The predicted molar refractivity (Wildman–Crippen MR) is 104 cm³/mol. The van der Waals surface area contributed by atoms with Crippen LogP contribution in [0.2, 0.25) is 0 Å². The molecule has 0 bridgehead atoms. The monoisotopic (exact) mass is 368 g/mol. The van der Waals surface area contributed by atoms with Crippen molar-refractivity contribution in [3.8, 4) is 0 Å². The summed E-state index contributed by atoms with van der Waals surface area (Å²) in [6, 6.07) is 3.44. The number of hydrogen-bond acceptors (Lipinski definition) is 5. The number of fused-ring (bicyclic) bond motifs is 2. The maximum atomic E-state index is 12.8. The second-order valence-corrected chi connectivity index (χ2v) is 8.12. The second kappa shape index (κ2) is 6.96. The van der Waals surface area contributed by atoms with Gasteiger partial charge in [0.2, 0.25) is 0 Å². The quantitative estimate of drug-likeness (QED) is 0.865. The third-order valence-corrected chi connectivity index (χ3v) is 5.89. The predicted octanol–water partition coefficient (Wildman–Crippen LogP) is 2.03. The molecule has 2 aromatic rings. The van der Waals surface area contributed by atoms with E-state index in [0.29, 0.717) is 17.3 Å². The van der Waals surface area contributed by atoms with Gasteiger partial charge in [-0.2, -0.15) is 0 Å². The number of likely N-dealkylation sites (tertiary alicyclic amines) is 1. The number of nitrogens with two attached hydrogens (primary N) is 1. The Kier molecular flexibility index (Phi) is 4.63. The van der Waals surface area contributed by atoms with E-state index in [0.717, 1.165) is 45.4 Å². The molecule has 0 saturated carbocycles. The van der Waals surface area contributed by atoms with Crippen molar-refractivity contribution < 1.29 is 4.79 Å². The van der Waals surface area contributed by atoms with Gasteiger partial charge in [-0.3, -0.25) is 9.69 Å². The van der Waals surface area contributed by atoms with E-state index >= 15 is 0 Å². The smallest absolute Gasteiger partial charge is 0.255 e. The van der Waals surface area contributed by atoms with E-state index in [-0.39, 0.29) is 11.4 Å². The summed E-state index contributed by atoms with van der Waals surface area (Å²) >= 11 is 0. The topological polar surface area (TPSA) is 91.1 Å². The van der Waals surface area contributed by atoms with Crippen LogP contribution >= 0.6 is 0 Å². The largest absolute Gasteiger partial charge is 0.384 e. The lowest BCUT2D eigenvalue weighted by Gasteiger charge is -2.51. The van der Waals surface area contributed by atoms with Gasteiger partial charge < -0.3 is 15.6 Å². The number of nitrogens with one attached hydrogen (secondary N) is 1. The zero-order chi connectivity index (χ0) is 19.0. The van der Waals surface area contributed by atoms with Crippen molar-refractivity contribution in [2.75, 3.05) is 31.9 Å². The molecule has 7 heteroatoms. The van der Waals surface area contributed by atoms with Gasteiger partial charge in [0, 0.05) is 44.5 Å². The van der Waals surface area contributed by atoms with Gasteiger partial charge in [-0.15, -0.1) is 0 Å². The Morgan fingerprint density at radius 1 is 1.26 bits per heavy atom. The van der Waals surface area contributed by atoms with Gasteiger partial charge in [0.25, 0.3) is 5.91 Å². The van der Waals surface area contributed by atoms with Crippen LogP contribution < -0.4 is 5.73 Å². The molecule has 4 rings (SSSR count). The number of piperidine rings is 1. The first kappa shape index (κ1) is 18.0. The fourth-order valence-electron chi connectivity index (χ4n) is 4.58. The summed E-state index contributed by atoms with van der Waals surface area (Å²) in [6.45, 7) is 8.08. The summed E-state index contributed by atoms with van der Waals surface area (Å²) in [7, 11) is 0. The molecule has 1 fully saturated rings. The number of nitrogens with zero attached hydrogens (tertiary/aromatic N) is 4. The maximum absolute atomic E-state index is 12.8. The average molecular weight is 368 g/mol. The van der Waals surface area contributed by atoms with Crippen molar-refractivity contribution in [3.63, 3.8) is 0 Å². The number of pyridine rings is 1. The van der Waals surface area contributed by atoms with Crippen molar-refractivity contribution in [2.45, 2.75) is 38.6 Å². The van der Waals surface area contributed by atoms with Crippen molar-refractivity contribution in [2.24, 2.45) is 5.92 Å². The van der Waals surface area contributed by atoms with Gasteiger partial charge in [-0.25, -0.2) is 9.97 Å². The Labute approximate surface area is 160 Å². The summed E-state index contributed by atoms with van der Waals surface area (Å²) < 4.78 is 0. The Bertz CT molecular complexity index is 804. The molecule has 4 heterocycles. The molecule has 2 aliphatic rings. The molecule has 27 heavy (non-hydrogen) atoms. The molecule has 2 aliphatic heterocycles. The fourth-order valence-corrected chi connectivity index (χ4v) is 4.58. The van der Waals surface area contributed by atoms with Gasteiger partial charge in [0.05, 0.1) is 23.1 Å². The van der Waals surface area contributed by atoms with E-state index in [2.05, 4.69) is 28.7 Å². The van der Waals surface area contributed by atoms with Crippen LogP contribution in [0.4, 0.5) is 5.82 Å². The molecule has 1 spiro atoms. The number of nitrogen functional groups attached to an aromatic ring is 1.